The molecular formula is C22H30N4O2. The highest BCUT2D eigenvalue weighted by molar-refractivity contribution is 5.94. The SMILES string of the molecule is COCc1cccc(C(=O)N2CCC[C@@H](Nc3ccc(N(C)C)nc3)CC2)c1. The van der Waals surface area contributed by atoms with Crippen molar-refractivity contribution in [3.8, 4) is 0 Å². The molecular weight excluding hydrogens is 352 g/mol. The van der Waals surface area contributed by atoms with Gasteiger partial charge in [0.25, 0.3) is 5.91 Å². The standard InChI is InChI=1S/C22H30N4O2/c1-25(2)21-10-9-20(15-23-21)24-19-8-5-12-26(13-11-19)22(27)18-7-4-6-17(14-18)16-28-3/h4,6-7,9-10,14-15,19,24H,5,8,11-13,16H2,1-3H3/t19-/m1/s1. The van der Waals surface area contributed by atoms with Gasteiger partial charge in [0.05, 0.1) is 18.5 Å². The average Bonchev–Trinajstić information content (AvgIpc) is 2.94. The summed E-state index contributed by atoms with van der Waals surface area (Å²) in [5, 5.41) is 3.58. The summed E-state index contributed by atoms with van der Waals surface area (Å²) in [5.41, 5.74) is 2.79. The molecule has 0 saturated carbocycles. The van der Waals surface area contributed by atoms with Crippen molar-refractivity contribution in [1.29, 1.82) is 0 Å². The Hall–Kier alpha value is -2.60. The maximum Gasteiger partial charge on any atom is 0.253 e. The van der Waals surface area contributed by atoms with Crippen molar-refractivity contribution >= 4 is 17.4 Å². The Kier molecular flexibility index (Phi) is 6.87. The lowest BCUT2D eigenvalue weighted by molar-refractivity contribution is 0.0761. The maximum atomic E-state index is 12.9. The molecule has 2 heterocycles. The topological polar surface area (TPSA) is 57.7 Å². The number of amides is 1. The quantitative estimate of drug-likeness (QED) is 0.830. The van der Waals surface area contributed by atoms with Gasteiger partial charge in [-0.1, -0.05) is 12.1 Å². The van der Waals surface area contributed by atoms with Crippen LogP contribution in [0.25, 0.3) is 0 Å². The van der Waals surface area contributed by atoms with Crippen molar-refractivity contribution in [3.05, 3.63) is 53.7 Å². The number of carbonyl (C=O) groups excluding carboxylic acids is 1. The van der Waals surface area contributed by atoms with E-state index in [1.165, 1.54) is 0 Å². The first-order valence-electron chi connectivity index (χ1n) is 9.84. The molecule has 1 fully saturated rings. The van der Waals surface area contributed by atoms with E-state index in [1.807, 2.05) is 60.4 Å². The van der Waals surface area contributed by atoms with Crippen molar-refractivity contribution in [1.82, 2.24) is 9.88 Å². The van der Waals surface area contributed by atoms with Crippen LogP contribution in [0, 0.1) is 0 Å². The van der Waals surface area contributed by atoms with Gasteiger partial charge in [-0.25, -0.2) is 4.98 Å². The zero-order chi connectivity index (χ0) is 19.9. The van der Waals surface area contributed by atoms with Crippen LogP contribution >= 0.6 is 0 Å². The van der Waals surface area contributed by atoms with Gasteiger partial charge in [-0.15, -0.1) is 0 Å². The Balaban J connectivity index is 1.58. The summed E-state index contributed by atoms with van der Waals surface area (Å²) >= 11 is 0. The first kappa shape index (κ1) is 20.1. The van der Waals surface area contributed by atoms with Crippen LogP contribution < -0.4 is 10.2 Å². The fourth-order valence-electron chi connectivity index (χ4n) is 3.56. The lowest BCUT2D eigenvalue weighted by Gasteiger charge is -2.21. The molecule has 0 bridgehead atoms. The summed E-state index contributed by atoms with van der Waals surface area (Å²) in [6.45, 7) is 2.07. The van der Waals surface area contributed by atoms with E-state index >= 15 is 0 Å². The number of hydrogen-bond donors (Lipinski definition) is 1. The molecule has 6 heteroatoms. The molecule has 0 radical (unpaired) electrons. The first-order valence-corrected chi connectivity index (χ1v) is 9.84. The zero-order valence-corrected chi connectivity index (χ0v) is 17.0. The van der Waals surface area contributed by atoms with Crippen LogP contribution in [0.4, 0.5) is 11.5 Å². The number of carbonyl (C=O) groups is 1. The van der Waals surface area contributed by atoms with E-state index in [2.05, 4.69) is 16.4 Å². The molecule has 2 aromatic rings. The third kappa shape index (κ3) is 5.23. The van der Waals surface area contributed by atoms with Crippen LogP contribution in [-0.2, 0) is 11.3 Å². The summed E-state index contributed by atoms with van der Waals surface area (Å²) in [6.07, 6.45) is 4.84. The summed E-state index contributed by atoms with van der Waals surface area (Å²) in [7, 11) is 5.63. The molecule has 0 spiro atoms. The van der Waals surface area contributed by atoms with Gasteiger partial charge in [-0.3, -0.25) is 4.79 Å². The number of benzene rings is 1. The van der Waals surface area contributed by atoms with Gasteiger partial charge in [0.2, 0.25) is 0 Å². The fourth-order valence-corrected chi connectivity index (χ4v) is 3.56. The number of rotatable bonds is 6. The van der Waals surface area contributed by atoms with Crippen molar-refractivity contribution in [3.63, 3.8) is 0 Å². The minimum Gasteiger partial charge on any atom is -0.381 e. The average molecular weight is 383 g/mol. The predicted octanol–water partition coefficient (Wildman–Crippen LogP) is 3.40. The number of pyridine rings is 1. The molecule has 1 amide bonds. The fraction of sp³-hybridized carbons (Fsp3) is 0.455. The minimum atomic E-state index is 0.107. The van der Waals surface area contributed by atoms with Gasteiger partial charge >= 0.3 is 0 Å². The number of likely N-dealkylation sites (tertiary alicyclic amines) is 1. The molecule has 1 atom stereocenters. The van der Waals surface area contributed by atoms with Crippen molar-refractivity contribution in [2.75, 3.05) is 44.5 Å². The molecule has 1 aromatic carbocycles. The predicted molar refractivity (Wildman–Crippen MR) is 113 cm³/mol. The number of aromatic nitrogens is 1. The molecule has 1 aromatic heterocycles. The molecule has 1 saturated heterocycles. The Morgan fingerprint density at radius 1 is 1.25 bits per heavy atom. The van der Waals surface area contributed by atoms with Gasteiger partial charge in [-0.2, -0.15) is 0 Å². The van der Waals surface area contributed by atoms with Gasteiger partial charge < -0.3 is 19.9 Å². The number of anilines is 2. The molecule has 6 nitrogen and oxygen atoms in total. The summed E-state index contributed by atoms with van der Waals surface area (Å²) in [6, 6.07) is 12.2. The van der Waals surface area contributed by atoms with Gasteiger partial charge in [0.15, 0.2) is 0 Å². The lowest BCUT2D eigenvalue weighted by Crippen LogP contribution is -2.32. The third-order valence-corrected chi connectivity index (χ3v) is 5.08. The Morgan fingerprint density at radius 2 is 2.11 bits per heavy atom. The molecule has 150 valence electrons. The van der Waals surface area contributed by atoms with Crippen LogP contribution in [0.2, 0.25) is 0 Å². The van der Waals surface area contributed by atoms with Gasteiger partial charge in [0, 0.05) is 45.9 Å². The Morgan fingerprint density at radius 3 is 2.82 bits per heavy atom. The molecule has 1 aliphatic rings. The number of methoxy groups -OCH3 is 1. The highest BCUT2D eigenvalue weighted by Gasteiger charge is 2.22. The van der Waals surface area contributed by atoms with Crippen molar-refractivity contribution in [2.24, 2.45) is 0 Å². The van der Waals surface area contributed by atoms with E-state index in [9.17, 15) is 4.79 Å². The Bertz CT molecular complexity index is 776. The second-order valence-corrected chi connectivity index (χ2v) is 7.50. The van der Waals surface area contributed by atoms with E-state index < -0.39 is 0 Å². The monoisotopic (exact) mass is 382 g/mol. The molecule has 0 unspecified atom stereocenters. The maximum absolute atomic E-state index is 12.9. The lowest BCUT2D eigenvalue weighted by atomic mass is 10.1. The molecule has 3 rings (SSSR count). The molecule has 1 N–H and O–H groups in total. The molecule has 0 aliphatic carbocycles. The highest BCUT2D eigenvalue weighted by atomic mass is 16.5. The van der Waals surface area contributed by atoms with Crippen LogP contribution in [0.15, 0.2) is 42.6 Å². The van der Waals surface area contributed by atoms with E-state index in [-0.39, 0.29) is 5.91 Å². The molecule has 1 aliphatic heterocycles. The molecule has 28 heavy (non-hydrogen) atoms. The third-order valence-electron chi connectivity index (χ3n) is 5.08. The van der Waals surface area contributed by atoms with Crippen molar-refractivity contribution in [2.45, 2.75) is 31.9 Å². The number of nitrogens with zero attached hydrogens (tertiary/aromatic N) is 3. The number of nitrogens with one attached hydrogen (secondary N) is 1. The van der Waals surface area contributed by atoms with E-state index in [4.69, 9.17) is 4.74 Å². The summed E-state index contributed by atoms with van der Waals surface area (Å²) in [4.78, 5) is 21.3. The van der Waals surface area contributed by atoms with E-state index in [0.29, 0.717) is 12.6 Å². The largest absolute Gasteiger partial charge is 0.381 e. The Labute approximate surface area is 167 Å². The first-order chi connectivity index (χ1) is 13.6. The highest BCUT2D eigenvalue weighted by Crippen LogP contribution is 2.20. The van der Waals surface area contributed by atoms with Crippen LogP contribution in [0.1, 0.15) is 35.2 Å². The van der Waals surface area contributed by atoms with E-state index in [0.717, 1.165) is 55.0 Å². The van der Waals surface area contributed by atoms with E-state index in [1.54, 1.807) is 7.11 Å². The van der Waals surface area contributed by atoms with Gasteiger partial charge in [-0.05, 0) is 49.1 Å². The zero-order valence-electron chi connectivity index (χ0n) is 17.0. The van der Waals surface area contributed by atoms with Crippen LogP contribution in [0.3, 0.4) is 0 Å². The minimum absolute atomic E-state index is 0.107. The van der Waals surface area contributed by atoms with Gasteiger partial charge in [0.1, 0.15) is 5.82 Å². The van der Waals surface area contributed by atoms with Crippen LogP contribution in [0.5, 0.6) is 0 Å². The van der Waals surface area contributed by atoms with Crippen LogP contribution in [-0.4, -0.2) is 56.1 Å². The summed E-state index contributed by atoms with van der Waals surface area (Å²) in [5.74, 6) is 1.05. The van der Waals surface area contributed by atoms with Crippen molar-refractivity contribution < 1.29 is 9.53 Å². The second-order valence-electron chi connectivity index (χ2n) is 7.50. The summed E-state index contributed by atoms with van der Waals surface area (Å²) < 4.78 is 5.18. The second kappa shape index (κ2) is 9.55. The normalized spacial score (nSPS) is 17.1. The number of ether oxygens (including phenoxy) is 1. The smallest absolute Gasteiger partial charge is 0.253 e. The number of hydrogen-bond acceptors (Lipinski definition) is 5.